The number of hydrogen-bond acceptors (Lipinski definition) is 2. The third-order valence-electron chi connectivity index (χ3n) is 2.61. The molecule has 0 aliphatic heterocycles. The van der Waals surface area contributed by atoms with Crippen LogP contribution in [-0.4, -0.2) is 11.7 Å². The van der Waals surface area contributed by atoms with E-state index in [1.54, 1.807) is 36.0 Å². The molecule has 0 heterocycles. The van der Waals surface area contributed by atoms with Gasteiger partial charge in [-0.05, 0) is 36.1 Å². The van der Waals surface area contributed by atoms with Crippen LogP contribution in [0, 0.1) is 0 Å². The molecular weight excluding hydrogens is 313 g/mol. The first-order chi connectivity index (χ1) is 9.61. The second-order valence-electron chi connectivity index (χ2n) is 4.01. The SMILES string of the molecule is CCSc1ccccc1C(=O)Nc1ccc(Cl)cc1Cl. The number of anilines is 1. The van der Waals surface area contributed by atoms with Crippen molar-refractivity contribution in [2.75, 3.05) is 11.1 Å². The monoisotopic (exact) mass is 325 g/mol. The second kappa shape index (κ2) is 7.02. The molecule has 1 N–H and O–H groups in total. The van der Waals surface area contributed by atoms with Crippen LogP contribution in [0.1, 0.15) is 17.3 Å². The molecule has 0 saturated heterocycles. The van der Waals surface area contributed by atoms with Gasteiger partial charge in [-0.1, -0.05) is 42.3 Å². The van der Waals surface area contributed by atoms with E-state index in [0.29, 0.717) is 21.3 Å². The van der Waals surface area contributed by atoms with Gasteiger partial charge in [-0.2, -0.15) is 0 Å². The largest absolute Gasteiger partial charge is 0.321 e. The zero-order chi connectivity index (χ0) is 14.5. The molecule has 104 valence electrons. The lowest BCUT2D eigenvalue weighted by Gasteiger charge is -2.10. The number of nitrogens with one attached hydrogen (secondary N) is 1. The van der Waals surface area contributed by atoms with E-state index < -0.39 is 0 Å². The molecule has 1 amide bonds. The Morgan fingerprint density at radius 2 is 1.95 bits per heavy atom. The first kappa shape index (κ1) is 15.2. The van der Waals surface area contributed by atoms with Gasteiger partial charge in [0.25, 0.3) is 5.91 Å². The molecule has 0 aliphatic rings. The van der Waals surface area contributed by atoms with Crippen LogP contribution < -0.4 is 5.32 Å². The van der Waals surface area contributed by atoms with Crippen molar-refractivity contribution in [1.29, 1.82) is 0 Å². The number of rotatable bonds is 4. The Bertz CT molecular complexity index is 631. The van der Waals surface area contributed by atoms with Crippen molar-refractivity contribution < 1.29 is 4.79 Å². The lowest BCUT2D eigenvalue weighted by Crippen LogP contribution is -2.13. The topological polar surface area (TPSA) is 29.1 Å². The summed E-state index contributed by atoms with van der Waals surface area (Å²) in [5.41, 5.74) is 1.20. The molecule has 20 heavy (non-hydrogen) atoms. The van der Waals surface area contributed by atoms with Crippen LogP contribution in [0.2, 0.25) is 10.0 Å². The normalized spacial score (nSPS) is 10.3. The number of amides is 1. The molecule has 0 fully saturated rings. The van der Waals surface area contributed by atoms with Crippen molar-refractivity contribution in [2.45, 2.75) is 11.8 Å². The van der Waals surface area contributed by atoms with E-state index in [4.69, 9.17) is 23.2 Å². The smallest absolute Gasteiger partial charge is 0.256 e. The predicted octanol–water partition coefficient (Wildman–Crippen LogP) is 5.36. The van der Waals surface area contributed by atoms with Crippen molar-refractivity contribution in [3.05, 3.63) is 58.1 Å². The maximum absolute atomic E-state index is 12.3. The van der Waals surface area contributed by atoms with E-state index in [1.165, 1.54) is 0 Å². The third-order valence-corrected chi connectivity index (χ3v) is 4.11. The summed E-state index contributed by atoms with van der Waals surface area (Å²) in [6.07, 6.45) is 0. The van der Waals surface area contributed by atoms with Gasteiger partial charge in [0.15, 0.2) is 0 Å². The minimum Gasteiger partial charge on any atom is -0.321 e. The first-order valence-corrected chi connectivity index (χ1v) is 7.84. The number of thioether (sulfide) groups is 1. The quantitative estimate of drug-likeness (QED) is 0.767. The zero-order valence-corrected chi connectivity index (χ0v) is 13.1. The van der Waals surface area contributed by atoms with Gasteiger partial charge in [0.2, 0.25) is 0 Å². The van der Waals surface area contributed by atoms with E-state index in [1.807, 2.05) is 18.2 Å². The summed E-state index contributed by atoms with van der Waals surface area (Å²) in [6, 6.07) is 12.5. The Hall–Kier alpha value is -1.16. The molecule has 0 radical (unpaired) electrons. The highest BCUT2D eigenvalue weighted by Gasteiger charge is 2.12. The molecule has 0 unspecified atom stereocenters. The Kier molecular flexibility index (Phi) is 5.35. The number of carbonyl (C=O) groups is 1. The Morgan fingerprint density at radius 1 is 1.20 bits per heavy atom. The summed E-state index contributed by atoms with van der Waals surface area (Å²) in [6.45, 7) is 2.05. The van der Waals surface area contributed by atoms with E-state index in [-0.39, 0.29) is 5.91 Å². The molecule has 0 atom stereocenters. The molecule has 5 heteroatoms. The first-order valence-electron chi connectivity index (χ1n) is 6.10. The van der Waals surface area contributed by atoms with Crippen LogP contribution in [0.5, 0.6) is 0 Å². The molecule has 2 rings (SSSR count). The van der Waals surface area contributed by atoms with Gasteiger partial charge in [-0.25, -0.2) is 0 Å². The summed E-state index contributed by atoms with van der Waals surface area (Å²) in [5, 5.41) is 3.77. The highest BCUT2D eigenvalue weighted by molar-refractivity contribution is 7.99. The minimum atomic E-state index is -0.175. The van der Waals surface area contributed by atoms with Crippen LogP contribution >= 0.6 is 35.0 Å². The molecule has 2 aromatic carbocycles. The van der Waals surface area contributed by atoms with Crippen LogP contribution in [0.4, 0.5) is 5.69 Å². The molecule has 0 bridgehead atoms. The van der Waals surface area contributed by atoms with Crippen molar-refractivity contribution in [3.63, 3.8) is 0 Å². The average molecular weight is 326 g/mol. The Morgan fingerprint density at radius 3 is 2.65 bits per heavy atom. The fourth-order valence-corrected chi connectivity index (χ4v) is 2.97. The fourth-order valence-electron chi connectivity index (χ4n) is 1.72. The molecule has 0 aliphatic carbocycles. The van der Waals surface area contributed by atoms with Gasteiger partial charge in [0.05, 0.1) is 16.3 Å². The van der Waals surface area contributed by atoms with Gasteiger partial charge in [0.1, 0.15) is 0 Å². The summed E-state index contributed by atoms with van der Waals surface area (Å²) >= 11 is 13.5. The van der Waals surface area contributed by atoms with Crippen molar-refractivity contribution >= 4 is 46.6 Å². The van der Waals surface area contributed by atoms with Crippen molar-refractivity contribution in [3.8, 4) is 0 Å². The van der Waals surface area contributed by atoms with E-state index in [9.17, 15) is 4.79 Å². The summed E-state index contributed by atoms with van der Waals surface area (Å²) in [5.74, 6) is 0.734. The van der Waals surface area contributed by atoms with Crippen LogP contribution in [0.15, 0.2) is 47.4 Å². The maximum Gasteiger partial charge on any atom is 0.256 e. The molecule has 0 saturated carbocycles. The maximum atomic E-state index is 12.3. The van der Waals surface area contributed by atoms with Crippen molar-refractivity contribution in [2.24, 2.45) is 0 Å². The Labute approximate surface area is 132 Å². The van der Waals surface area contributed by atoms with Crippen LogP contribution in [-0.2, 0) is 0 Å². The number of carbonyl (C=O) groups excluding carboxylic acids is 1. The van der Waals surface area contributed by atoms with Crippen molar-refractivity contribution in [1.82, 2.24) is 0 Å². The standard InChI is InChI=1S/C15H13Cl2NOS/c1-2-20-14-6-4-3-5-11(14)15(19)18-13-8-7-10(16)9-12(13)17/h3-9H,2H2,1H3,(H,18,19). The lowest BCUT2D eigenvalue weighted by molar-refractivity contribution is 0.102. The molecule has 0 spiro atoms. The third kappa shape index (κ3) is 3.69. The van der Waals surface area contributed by atoms with Gasteiger partial charge >= 0.3 is 0 Å². The van der Waals surface area contributed by atoms with Crippen LogP contribution in [0.3, 0.4) is 0 Å². The second-order valence-corrected chi connectivity index (χ2v) is 6.16. The molecular formula is C15H13Cl2NOS. The molecule has 2 nitrogen and oxygen atoms in total. The molecule has 2 aromatic rings. The minimum absolute atomic E-state index is 0.175. The fraction of sp³-hybridized carbons (Fsp3) is 0.133. The average Bonchev–Trinajstić information content (AvgIpc) is 2.43. The predicted molar refractivity (Wildman–Crippen MR) is 87.3 cm³/mol. The summed E-state index contributed by atoms with van der Waals surface area (Å²) in [7, 11) is 0. The van der Waals surface area contributed by atoms with Gasteiger partial charge in [0, 0.05) is 9.92 Å². The lowest BCUT2D eigenvalue weighted by atomic mass is 10.2. The van der Waals surface area contributed by atoms with E-state index in [0.717, 1.165) is 10.6 Å². The zero-order valence-electron chi connectivity index (χ0n) is 10.8. The summed E-state index contributed by atoms with van der Waals surface area (Å²) < 4.78 is 0. The van der Waals surface area contributed by atoms with Gasteiger partial charge < -0.3 is 5.32 Å². The van der Waals surface area contributed by atoms with E-state index >= 15 is 0 Å². The van der Waals surface area contributed by atoms with E-state index in [2.05, 4.69) is 12.2 Å². The number of halogens is 2. The Balaban J connectivity index is 2.24. The van der Waals surface area contributed by atoms with Crippen LogP contribution in [0.25, 0.3) is 0 Å². The van der Waals surface area contributed by atoms with Gasteiger partial charge in [-0.3, -0.25) is 4.79 Å². The highest BCUT2D eigenvalue weighted by Crippen LogP contribution is 2.27. The van der Waals surface area contributed by atoms with Gasteiger partial charge in [-0.15, -0.1) is 11.8 Å². The molecule has 0 aromatic heterocycles. The summed E-state index contributed by atoms with van der Waals surface area (Å²) in [4.78, 5) is 13.3. The highest BCUT2D eigenvalue weighted by atomic mass is 35.5. The number of hydrogen-bond donors (Lipinski definition) is 1. The number of benzene rings is 2.